The minimum atomic E-state index is -0.813. The number of benzene rings is 2. The van der Waals surface area contributed by atoms with Crippen LogP contribution in [0.4, 0.5) is 20.2 Å². The van der Waals surface area contributed by atoms with E-state index in [4.69, 9.17) is 0 Å². The van der Waals surface area contributed by atoms with Gasteiger partial charge in [0.15, 0.2) is 0 Å². The summed E-state index contributed by atoms with van der Waals surface area (Å²) in [5, 5.41) is 9.44. The van der Waals surface area contributed by atoms with E-state index in [0.29, 0.717) is 0 Å². The number of nitrogens with zero attached hydrogens (tertiary/aromatic N) is 2. The molecule has 1 aromatic heterocycles. The third-order valence-electron chi connectivity index (χ3n) is 3.29. The Hall–Kier alpha value is -3.22. The lowest BCUT2D eigenvalue weighted by Crippen LogP contribution is -2.22. The van der Waals surface area contributed by atoms with Crippen LogP contribution in [0.1, 0.15) is 0 Å². The number of carbonyl (C=O) groups excluding carboxylic acids is 1. The zero-order valence-electron chi connectivity index (χ0n) is 12.5. The Morgan fingerprint density at radius 3 is 2.58 bits per heavy atom. The Labute approximate surface area is 136 Å². The van der Waals surface area contributed by atoms with Gasteiger partial charge in [-0.05, 0) is 42.5 Å². The molecule has 3 aromatic rings. The lowest BCUT2D eigenvalue weighted by atomic mass is 10.2. The molecule has 5 nitrogen and oxygen atoms in total. The molecular formula is C17H14F2N4O. The Bertz CT molecular complexity index is 832. The van der Waals surface area contributed by atoms with Crippen LogP contribution in [0, 0.1) is 11.6 Å². The average Bonchev–Trinajstić information content (AvgIpc) is 3.11. The molecule has 0 radical (unpaired) electrons. The van der Waals surface area contributed by atoms with Gasteiger partial charge in [0, 0.05) is 24.1 Å². The molecule has 1 amide bonds. The number of halogens is 2. The van der Waals surface area contributed by atoms with Crippen molar-refractivity contribution < 1.29 is 13.6 Å². The smallest absolute Gasteiger partial charge is 0.243 e. The van der Waals surface area contributed by atoms with Crippen molar-refractivity contribution >= 4 is 17.3 Å². The molecule has 0 atom stereocenters. The largest absolute Gasteiger partial charge is 0.376 e. The molecule has 3 rings (SSSR count). The number of hydrogen-bond acceptors (Lipinski definition) is 3. The zero-order valence-corrected chi connectivity index (χ0v) is 12.5. The molecule has 2 N–H and O–H groups in total. The van der Waals surface area contributed by atoms with Gasteiger partial charge >= 0.3 is 0 Å². The van der Waals surface area contributed by atoms with Gasteiger partial charge in [-0.25, -0.2) is 13.5 Å². The van der Waals surface area contributed by atoms with E-state index in [1.54, 1.807) is 10.9 Å². The van der Waals surface area contributed by atoms with Crippen molar-refractivity contribution in [3.63, 3.8) is 0 Å². The standard InChI is InChI=1S/C17H14F2N4O/c18-12-2-7-16(15(19)10-12)22-17(24)11-20-13-3-5-14(6-4-13)23-9-1-8-21-23/h1-10,20H,11H2,(H,22,24). The van der Waals surface area contributed by atoms with Gasteiger partial charge in [-0.15, -0.1) is 0 Å². The van der Waals surface area contributed by atoms with Crippen LogP contribution in [0.2, 0.25) is 0 Å². The van der Waals surface area contributed by atoms with Gasteiger partial charge in [-0.3, -0.25) is 4.79 Å². The normalized spacial score (nSPS) is 10.4. The first-order valence-corrected chi connectivity index (χ1v) is 7.21. The molecule has 0 spiro atoms. The molecule has 0 fully saturated rings. The predicted octanol–water partition coefficient (Wildman–Crippen LogP) is 3.20. The van der Waals surface area contributed by atoms with E-state index < -0.39 is 17.5 Å². The maximum absolute atomic E-state index is 13.5. The van der Waals surface area contributed by atoms with Crippen LogP contribution in [0.5, 0.6) is 0 Å². The summed E-state index contributed by atoms with van der Waals surface area (Å²) in [5.74, 6) is -1.94. The van der Waals surface area contributed by atoms with Crippen molar-refractivity contribution in [3.8, 4) is 5.69 Å². The van der Waals surface area contributed by atoms with E-state index in [-0.39, 0.29) is 12.2 Å². The summed E-state index contributed by atoms with van der Waals surface area (Å²) in [4.78, 5) is 11.8. The summed E-state index contributed by atoms with van der Waals surface area (Å²) in [7, 11) is 0. The van der Waals surface area contributed by atoms with Crippen LogP contribution in [0.3, 0.4) is 0 Å². The van der Waals surface area contributed by atoms with Gasteiger partial charge in [0.2, 0.25) is 5.91 Å². The molecule has 0 unspecified atom stereocenters. The number of rotatable bonds is 5. The summed E-state index contributed by atoms with van der Waals surface area (Å²) in [6.07, 6.45) is 3.51. The van der Waals surface area contributed by atoms with E-state index >= 15 is 0 Å². The predicted molar refractivity (Wildman–Crippen MR) is 87.0 cm³/mol. The van der Waals surface area contributed by atoms with Crippen LogP contribution in [-0.4, -0.2) is 22.2 Å². The Balaban J connectivity index is 1.56. The number of anilines is 2. The van der Waals surface area contributed by atoms with Gasteiger partial charge < -0.3 is 10.6 Å². The average molecular weight is 328 g/mol. The maximum Gasteiger partial charge on any atom is 0.243 e. The van der Waals surface area contributed by atoms with Crippen molar-refractivity contribution in [2.45, 2.75) is 0 Å². The van der Waals surface area contributed by atoms with Crippen molar-refractivity contribution in [2.75, 3.05) is 17.2 Å². The summed E-state index contributed by atoms with van der Waals surface area (Å²) in [6, 6.07) is 12.1. The topological polar surface area (TPSA) is 59.0 Å². The SMILES string of the molecule is O=C(CNc1ccc(-n2cccn2)cc1)Nc1ccc(F)cc1F. The lowest BCUT2D eigenvalue weighted by molar-refractivity contribution is -0.114. The van der Waals surface area contributed by atoms with E-state index in [0.717, 1.165) is 23.5 Å². The molecule has 0 saturated heterocycles. The molecule has 0 bridgehead atoms. The number of amides is 1. The van der Waals surface area contributed by atoms with Crippen molar-refractivity contribution in [2.24, 2.45) is 0 Å². The third-order valence-corrected chi connectivity index (χ3v) is 3.29. The fraction of sp³-hybridized carbons (Fsp3) is 0.0588. The molecule has 0 aliphatic carbocycles. The third kappa shape index (κ3) is 3.75. The molecule has 1 heterocycles. The Morgan fingerprint density at radius 2 is 1.92 bits per heavy atom. The second-order valence-electron chi connectivity index (χ2n) is 5.02. The number of aromatic nitrogens is 2. The fourth-order valence-corrected chi connectivity index (χ4v) is 2.12. The highest BCUT2D eigenvalue weighted by atomic mass is 19.1. The highest BCUT2D eigenvalue weighted by Crippen LogP contribution is 2.15. The second-order valence-corrected chi connectivity index (χ2v) is 5.02. The first kappa shape index (κ1) is 15.7. The molecular weight excluding hydrogens is 314 g/mol. The van der Waals surface area contributed by atoms with Gasteiger partial charge in [0.05, 0.1) is 17.9 Å². The maximum atomic E-state index is 13.5. The van der Waals surface area contributed by atoms with E-state index in [1.807, 2.05) is 36.5 Å². The fourth-order valence-electron chi connectivity index (χ4n) is 2.12. The highest BCUT2D eigenvalue weighted by Gasteiger charge is 2.08. The van der Waals surface area contributed by atoms with Crippen LogP contribution >= 0.6 is 0 Å². The van der Waals surface area contributed by atoms with E-state index in [2.05, 4.69) is 15.7 Å². The van der Waals surface area contributed by atoms with Gasteiger partial charge in [0.1, 0.15) is 11.6 Å². The first-order valence-electron chi connectivity index (χ1n) is 7.21. The summed E-state index contributed by atoms with van der Waals surface area (Å²) < 4.78 is 28.0. The number of carbonyl (C=O) groups is 1. The quantitative estimate of drug-likeness (QED) is 0.756. The van der Waals surface area contributed by atoms with Gasteiger partial charge in [-0.2, -0.15) is 5.10 Å². The number of nitrogens with one attached hydrogen (secondary N) is 2. The monoisotopic (exact) mass is 328 g/mol. The number of hydrogen-bond donors (Lipinski definition) is 2. The zero-order chi connectivity index (χ0) is 16.9. The lowest BCUT2D eigenvalue weighted by Gasteiger charge is -2.09. The van der Waals surface area contributed by atoms with E-state index in [9.17, 15) is 13.6 Å². The Kier molecular flexibility index (Phi) is 4.51. The molecule has 122 valence electrons. The molecule has 0 saturated carbocycles. The van der Waals surface area contributed by atoms with Crippen molar-refractivity contribution in [1.82, 2.24) is 9.78 Å². The van der Waals surface area contributed by atoms with Crippen LogP contribution in [0.25, 0.3) is 5.69 Å². The molecule has 2 aromatic carbocycles. The molecule has 7 heteroatoms. The summed E-state index contributed by atoms with van der Waals surface area (Å²) in [5.41, 5.74) is 1.57. The second kappa shape index (κ2) is 6.91. The van der Waals surface area contributed by atoms with E-state index in [1.165, 1.54) is 6.07 Å². The highest BCUT2D eigenvalue weighted by molar-refractivity contribution is 5.93. The Morgan fingerprint density at radius 1 is 1.12 bits per heavy atom. The molecule has 0 aliphatic rings. The minimum absolute atomic E-state index is 0.0437. The van der Waals surface area contributed by atoms with Crippen LogP contribution < -0.4 is 10.6 Å². The van der Waals surface area contributed by atoms with Gasteiger partial charge in [0.25, 0.3) is 0 Å². The van der Waals surface area contributed by atoms with Crippen molar-refractivity contribution in [1.29, 1.82) is 0 Å². The van der Waals surface area contributed by atoms with Gasteiger partial charge in [-0.1, -0.05) is 0 Å². The van der Waals surface area contributed by atoms with Crippen LogP contribution in [0.15, 0.2) is 60.9 Å². The summed E-state index contributed by atoms with van der Waals surface area (Å²) >= 11 is 0. The summed E-state index contributed by atoms with van der Waals surface area (Å²) in [6.45, 7) is -0.0437. The van der Waals surface area contributed by atoms with Crippen molar-refractivity contribution in [3.05, 3.63) is 72.6 Å². The molecule has 24 heavy (non-hydrogen) atoms. The van der Waals surface area contributed by atoms with Crippen LogP contribution in [-0.2, 0) is 4.79 Å². The minimum Gasteiger partial charge on any atom is -0.376 e. The first-order chi connectivity index (χ1) is 11.6. The molecule has 0 aliphatic heterocycles.